The van der Waals surface area contributed by atoms with Gasteiger partial charge in [-0.05, 0) is 49.6 Å². The smallest absolute Gasteiger partial charge is 0.287 e. The number of sulfonamides is 1. The number of hydrogen-bond acceptors (Lipinski definition) is 7. The monoisotopic (exact) mass is 481 g/mol. The number of hydrazone groups is 1. The molecule has 1 aromatic heterocycles. The molecule has 0 atom stereocenters. The summed E-state index contributed by atoms with van der Waals surface area (Å²) in [7, 11) is -3.79. The molecule has 0 fully saturated rings. The van der Waals surface area contributed by atoms with Gasteiger partial charge in [-0.25, -0.2) is 0 Å². The molecule has 1 amide bonds. The molecule has 5 rings (SSSR count). The minimum atomic E-state index is -3.79. The van der Waals surface area contributed by atoms with Crippen molar-refractivity contribution in [2.45, 2.75) is 37.6 Å². The standard InChI is InChI=1S/C24H23N3O6S/c1-15-22-18(26-27-34(29,30)17-6-3-2-4-7-17)8-5-9-20(22)33-23(15)24(28)25-13-16-10-11-19-21(12-16)32-14-31-19/h2-4,6-7,10-12,27H,5,8-9,13-14H2,1H3,(H,25,28)/b26-18+. The van der Waals surface area contributed by atoms with E-state index >= 15 is 0 Å². The summed E-state index contributed by atoms with van der Waals surface area (Å²) >= 11 is 0. The van der Waals surface area contributed by atoms with Gasteiger partial charge in [-0.2, -0.15) is 18.4 Å². The molecule has 2 aromatic carbocycles. The van der Waals surface area contributed by atoms with Crippen molar-refractivity contribution in [2.24, 2.45) is 5.10 Å². The van der Waals surface area contributed by atoms with E-state index in [1.807, 2.05) is 12.1 Å². The molecule has 1 aliphatic heterocycles. The van der Waals surface area contributed by atoms with Crippen molar-refractivity contribution < 1.29 is 27.1 Å². The molecule has 0 unspecified atom stereocenters. The Hall–Kier alpha value is -3.79. The van der Waals surface area contributed by atoms with Crippen molar-refractivity contribution >= 4 is 21.6 Å². The van der Waals surface area contributed by atoms with Crippen LogP contribution in [0, 0.1) is 6.92 Å². The van der Waals surface area contributed by atoms with Crippen molar-refractivity contribution in [1.82, 2.24) is 10.1 Å². The highest BCUT2D eigenvalue weighted by Crippen LogP contribution is 2.33. The Bertz CT molecular complexity index is 1380. The molecule has 10 heteroatoms. The summed E-state index contributed by atoms with van der Waals surface area (Å²) in [4.78, 5) is 15.3. The number of furan rings is 1. The second kappa shape index (κ2) is 8.86. The number of nitrogens with one attached hydrogen (secondary N) is 2. The van der Waals surface area contributed by atoms with Crippen LogP contribution in [0.2, 0.25) is 0 Å². The van der Waals surface area contributed by atoms with Gasteiger partial charge in [-0.15, -0.1) is 0 Å². The molecule has 2 heterocycles. The first-order valence-corrected chi connectivity index (χ1v) is 12.3. The fourth-order valence-corrected chi connectivity index (χ4v) is 4.93. The largest absolute Gasteiger partial charge is 0.455 e. The maximum Gasteiger partial charge on any atom is 0.287 e. The molecular weight excluding hydrogens is 458 g/mol. The van der Waals surface area contributed by atoms with Gasteiger partial charge in [0.05, 0.1) is 10.6 Å². The molecule has 0 spiro atoms. The van der Waals surface area contributed by atoms with Gasteiger partial charge in [-0.3, -0.25) is 4.79 Å². The maximum atomic E-state index is 12.9. The summed E-state index contributed by atoms with van der Waals surface area (Å²) < 4.78 is 41.7. The average molecular weight is 482 g/mol. The topological polar surface area (TPSA) is 119 Å². The number of benzene rings is 2. The summed E-state index contributed by atoms with van der Waals surface area (Å²) in [6, 6.07) is 13.5. The molecule has 0 saturated heterocycles. The fraction of sp³-hybridized carbons (Fsp3) is 0.250. The number of nitrogens with zero attached hydrogens (tertiary/aromatic N) is 1. The van der Waals surface area contributed by atoms with E-state index in [0.717, 1.165) is 12.0 Å². The molecule has 2 N–H and O–H groups in total. The highest BCUT2D eigenvalue weighted by molar-refractivity contribution is 7.89. The number of amides is 1. The Morgan fingerprint density at radius 2 is 1.85 bits per heavy atom. The van der Waals surface area contributed by atoms with Crippen LogP contribution in [0.5, 0.6) is 11.5 Å². The Morgan fingerprint density at radius 1 is 1.06 bits per heavy atom. The number of fused-ring (bicyclic) bond motifs is 2. The number of carbonyl (C=O) groups excluding carboxylic acids is 1. The number of rotatable bonds is 6. The normalized spacial score (nSPS) is 15.7. The van der Waals surface area contributed by atoms with Gasteiger partial charge in [0.2, 0.25) is 6.79 Å². The van der Waals surface area contributed by atoms with E-state index < -0.39 is 10.0 Å². The van der Waals surface area contributed by atoms with Gasteiger partial charge >= 0.3 is 0 Å². The van der Waals surface area contributed by atoms with Crippen molar-refractivity contribution in [3.63, 3.8) is 0 Å². The van der Waals surface area contributed by atoms with Crippen LogP contribution >= 0.6 is 0 Å². The van der Waals surface area contributed by atoms with Crippen molar-refractivity contribution in [3.8, 4) is 11.5 Å². The average Bonchev–Trinajstić information content (AvgIpc) is 3.46. The molecule has 176 valence electrons. The van der Waals surface area contributed by atoms with E-state index in [4.69, 9.17) is 13.9 Å². The number of carbonyl (C=O) groups is 1. The predicted octanol–water partition coefficient (Wildman–Crippen LogP) is 3.27. The van der Waals surface area contributed by atoms with Gasteiger partial charge < -0.3 is 19.2 Å². The molecule has 1 aliphatic carbocycles. The quantitative estimate of drug-likeness (QED) is 0.522. The maximum absolute atomic E-state index is 12.9. The lowest BCUT2D eigenvalue weighted by atomic mass is 9.93. The Morgan fingerprint density at radius 3 is 2.68 bits per heavy atom. The van der Waals surface area contributed by atoms with E-state index in [1.54, 1.807) is 31.2 Å². The number of ether oxygens (including phenoxy) is 2. The van der Waals surface area contributed by atoms with E-state index in [2.05, 4.69) is 15.2 Å². The van der Waals surface area contributed by atoms with Crippen LogP contribution < -0.4 is 19.6 Å². The minimum Gasteiger partial charge on any atom is -0.455 e. The highest BCUT2D eigenvalue weighted by atomic mass is 32.2. The van der Waals surface area contributed by atoms with Gasteiger partial charge in [0, 0.05) is 24.1 Å². The van der Waals surface area contributed by atoms with Crippen LogP contribution in [0.1, 0.15) is 45.8 Å². The second-order valence-corrected chi connectivity index (χ2v) is 9.71. The van der Waals surface area contributed by atoms with Crippen LogP contribution in [-0.4, -0.2) is 26.8 Å². The lowest BCUT2D eigenvalue weighted by Crippen LogP contribution is -2.23. The summed E-state index contributed by atoms with van der Waals surface area (Å²) in [5.74, 6) is 1.81. The molecule has 0 radical (unpaired) electrons. The predicted molar refractivity (Wildman–Crippen MR) is 123 cm³/mol. The lowest BCUT2D eigenvalue weighted by molar-refractivity contribution is 0.0920. The Balaban J connectivity index is 1.33. The van der Waals surface area contributed by atoms with E-state index in [1.165, 1.54) is 12.1 Å². The zero-order valence-electron chi connectivity index (χ0n) is 18.5. The molecule has 3 aromatic rings. The first-order valence-electron chi connectivity index (χ1n) is 10.8. The summed E-state index contributed by atoms with van der Waals surface area (Å²) in [5, 5.41) is 7.06. The van der Waals surface area contributed by atoms with E-state index in [9.17, 15) is 13.2 Å². The second-order valence-electron chi connectivity index (χ2n) is 8.04. The van der Waals surface area contributed by atoms with Crippen molar-refractivity contribution in [2.75, 3.05) is 6.79 Å². The van der Waals surface area contributed by atoms with Gasteiger partial charge in [0.15, 0.2) is 17.3 Å². The number of aryl methyl sites for hydroxylation is 1. The van der Waals surface area contributed by atoms with Crippen LogP contribution in [0.3, 0.4) is 0 Å². The fourth-order valence-electron chi connectivity index (χ4n) is 4.08. The van der Waals surface area contributed by atoms with E-state index in [0.29, 0.717) is 46.9 Å². The zero-order valence-corrected chi connectivity index (χ0v) is 19.3. The molecule has 0 bridgehead atoms. The van der Waals surface area contributed by atoms with Crippen molar-refractivity contribution in [3.05, 3.63) is 76.7 Å². The van der Waals surface area contributed by atoms with Crippen LogP contribution in [0.4, 0.5) is 0 Å². The Kier molecular flexibility index (Phi) is 5.74. The summed E-state index contributed by atoms with van der Waals surface area (Å²) in [5.41, 5.74) is 2.74. The van der Waals surface area contributed by atoms with Gasteiger partial charge in [0.25, 0.3) is 15.9 Å². The molecule has 2 aliphatic rings. The third-order valence-corrected chi connectivity index (χ3v) is 7.00. The van der Waals surface area contributed by atoms with Crippen molar-refractivity contribution in [1.29, 1.82) is 0 Å². The van der Waals surface area contributed by atoms with Crippen LogP contribution in [-0.2, 0) is 23.0 Å². The lowest BCUT2D eigenvalue weighted by Gasteiger charge is -2.14. The Labute approximate surface area is 196 Å². The first kappa shape index (κ1) is 22.0. The zero-order chi connectivity index (χ0) is 23.7. The highest BCUT2D eigenvalue weighted by Gasteiger charge is 2.28. The third kappa shape index (κ3) is 4.24. The molecular formula is C24H23N3O6S. The van der Waals surface area contributed by atoms with Gasteiger partial charge in [0.1, 0.15) is 5.76 Å². The summed E-state index contributed by atoms with van der Waals surface area (Å²) in [6.45, 7) is 2.26. The summed E-state index contributed by atoms with van der Waals surface area (Å²) in [6.07, 6.45) is 1.96. The van der Waals surface area contributed by atoms with Crippen LogP contribution in [0.15, 0.2) is 62.9 Å². The van der Waals surface area contributed by atoms with E-state index in [-0.39, 0.29) is 29.9 Å². The molecule has 9 nitrogen and oxygen atoms in total. The minimum absolute atomic E-state index is 0.128. The SMILES string of the molecule is Cc1c(C(=O)NCc2ccc3c(c2)OCO3)oc2c1/C(=N/NS(=O)(=O)c1ccccc1)CCC2. The molecule has 34 heavy (non-hydrogen) atoms. The van der Waals surface area contributed by atoms with Crippen LogP contribution in [0.25, 0.3) is 0 Å². The third-order valence-electron chi connectivity index (χ3n) is 5.78. The first-order chi connectivity index (χ1) is 16.4. The van der Waals surface area contributed by atoms with Gasteiger partial charge in [-0.1, -0.05) is 24.3 Å². The number of hydrogen-bond donors (Lipinski definition) is 2. The molecule has 0 saturated carbocycles.